The maximum Gasteiger partial charge on any atom is 0.145 e. The van der Waals surface area contributed by atoms with Crippen LogP contribution < -0.4 is 14.5 Å². The van der Waals surface area contributed by atoms with Crippen LogP contribution >= 0.6 is 0 Å². The molecule has 1 aliphatic rings. The van der Waals surface area contributed by atoms with Crippen molar-refractivity contribution in [3.8, 4) is 39.6 Å². The Morgan fingerprint density at radius 2 is 1.14 bits per heavy atom. The molecule has 0 aliphatic carbocycles. The van der Waals surface area contributed by atoms with E-state index in [9.17, 15) is 0 Å². The molecule has 0 saturated carbocycles. The number of para-hydroxylation sites is 4. The second-order valence-electron chi connectivity index (χ2n) is 20.4. The van der Waals surface area contributed by atoms with E-state index in [-0.39, 0.29) is 5.41 Å². The summed E-state index contributed by atoms with van der Waals surface area (Å²) in [5, 5.41) is 4.33. The number of ether oxygens (including phenoxy) is 1. The van der Waals surface area contributed by atoms with Crippen molar-refractivity contribution >= 4 is 66.5 Å². The zero-order chi connectivity index (χ0) is 48.2. The number of fused-ring (bicyclic) bond motifs is 8. The Balaban J connectivity index is 0.971. The largest absolute Gasteiger partial charge is 0.457 e. The number of rotatable bonds is 7. The van der Waals surface area contributed by atoms with E-state index in [2.05, 4.69) is 222 Å². The number of pyridine rings is 1. The van der Waals surface area contributed by atoms with Crippen molar-refractivity contribution in [3.05, 3.63) is 203 Å². The number of hydrogen-bond donors (Lipinski definition) is 0. The molecule has 0 radical (unpaired) electrons. The minimum absolute atomic E-state index is 0.0569. The Morgan fingerprint density at radius 1 is 0.529 bits per heavy atom. The van der Waals surface area contributed by atoms with E-state index in [0.29, 0.717) is 6.67 Å². The van der Waals surface area contributed by atoms with Crippen LogP contribution in [0.1, 0.15) is 59.7 Å². The lowest BCUT2D eigenvalue weighted by atomic mass is 9.86. The molecule has 8 aromatic carbocycles. The summed E-state index contributed by atoms with van der Waals surface area (Å²) in [6.07, 6.45) is 1.92. The summed E-state index contributed by atoms with van der Waals surface area (Å²) in [6, 6.07) is 56.8. The van der Waals surface area contributed by atoms with Gasteiger partial charge in [-0.2, -0.15) is 0 Å². The van der Waals surface area contributed by atoms with Gasteiger partial charge in [-0.3, -0.25) is 4.57 Å². The number of aromatic nitrogens is 2. The molecule has 344 valence electrons. The van der Waals surface area contributed by atoms with Gasteiger partial charge in [0.15, 0.2) is 0 Å². The quantitative estimate of drug-likeness (QED) is 0.159. The first-order valence-corrected chi connectivity index (χ1v) is 24.4. The van der Waals surface area contributed by atoms with Crippen molar-refractivity contribution in [2.24, 2.45) is 0 Å². The highest BCUT2D eigenvalue weighted by atomic mass is 16.5. The van der Waals surface area contributed by atoms with E-state index in [1.54, 1.807) is 0 Å². The summed E-state index contributed by atoms with van der Waals surface area (Å²) in [5.74, 6) is 2.33. The first kappa shape index (κ1) is 43.2. The van der Waals surface area contributed by atoms with Gasteiger partial charge >= 0.3 is 0 Å². The lowest BCUT2D eigenvalue weighted by molar-refractivity contribution is 0.483. The van der Waals surface area contributed by atoms with Crippen LogP contribution in [0.5, 0.6) is 11.5 Å². The summed E-state index contributed by atoms with van der Waals surface area (Å²) in [4.78, 5) is 9.93. The summed E-state index contributed by atoms with van der Waals surface area (Å²) in [7, 11) is 0. The van der Waals surface area contributed by atoms with Gasteiger partial charge in [-0.15, -0.1) is 0 Å². The van der Waals surface area contributed by atoms with Crippen molar-refractivity contribution in [2.75, 3.05) is 16.5 Å². The van der Waals surface area contributed by atoms with E-state index in [0.717, 1.165) is 78.1 Å². The molecule has 0 spiro atoms. The van der Waals surface area contributed by atoms with Crippen LogP contribution in [0.15, 0.2) is 168 Å². The number of furan rings is 1. The van der Waals surface area contributed by atoms with Gasteiger partial charge in [0.05, 0.1) is 33.5 Å². The molecule has 6 heteroatoms. The van der Waals surface area contributed by atoms with Crippen molar-refractivity contribution in [3.63, 3.8) is 0 Å². The van der Waals surface area contributed by atoms with Crippen LogP contribution in [0, 0.1) is 41.5 Å². The number of anilines is 4. The third kappa shape index (κ3) is 7.04. The topological polar surface area (TPSA) is 46.7 Å². The molecule has 0 N–H and O–H groups in total. The number of hydrogen-bond acceptors (Lipinski definition) is 5. The first-order chi connectivity index (χ1) is 33.8. The van der Waals surface area contributed by atoms with Gasteiger partial charge in [-0.05, 0) is 153 Å². The van der Waals surface area contributed by atoms with Crippen LogP contribution in [-0.4, -0.2) is 16.2 Å². The third-order valence-corrected chi connectivity index (χ3v) is 14.4. The smallest absolute Gasteiger partial charge is 0.145 e. The Hall–Kier alpha value is -8.09. The fourth-order valence-corrected chi connectivity index (χ4v) is 11.5. The Bertz CT molecular complexity index is 3800. The Morgan fingerprint density at radius 3 is 1.83 bits per heavy atom. The molecule has 0 saturated heterocycles. The molecule has 0 unspecified atom stereocenters. The van der Waals surface area contributed by atoms with E-state index in [1.807, 2.05) is 18.3 Å². The van der Waals surface area contributed by atoms with Gasteiger partial charge in [-0.1, -0.05) is 111 Å². The molecule has 6 nitrogen and oxygen atoms in total. The highest BCUT2D eigenvalue weighted by Crippen LogP contribution is 2.52. The van der Waals surface area contributed by atoms with E-state index in [4.69, 9.17) is 14.1 Å². The van der Waals surface area contributed by atoms with Crippen LogP contribution in [0.2, 0.25) is 0 Å². The predicted octanol–water partition coefficient (Wildman–Crippen LogP) is 17.6. The molecule has 4 heterocycles. The predicted molar refractivity (Wildman–Crippen MR) is 292 cm³/mol. The highest BCUT2D eigenvalue weighted by molar-refractivity contribution is 6.24. The minimum atomic E-state index is -0.0569. The Labute approximate surface area is 410 Å². The summed E-state index contributed by atoms with van der Waals surface area (Å²) < 4.78 is 15.8. The summed E-state index contributed by atoms with van der Waals surface area (Å²) >= 11 is 0. The first-order valence-electron chi connectivity index (χ1n) is 24.4. The van der Waals surface area contributed by atoms with E-state index in [1.165, 1.54) is 66.9 Å². The molecule has 70 heavy (non-hydrogen) atoms. The molecular weight excluding hydrogens is 857 g/mol. The van der Waals surface area contributed by atoms with Gasteiger partial charge in [0, 0.05) is 51.3 Å². The van der Waals surface area contributed by atoms with Gasteiger partial charge in [0.2, 0.25) is 0 Å². The standard InChI is InChI=1S/C64H56N4O2/c1-38-30-40(3)59(41(4)31-38)51-19-15-20-52(60-42(5)32-39(2)33-43(60)6)62(51)67-37-66(53-21-11-12-22-54(53)67)45-16-14-17-46(35-45)69-47-24-25-50-56(36-47)68(58-34-44(28-29-65-58)64(7,8)9)55-27-26-49-48-18-10-13-23-57(48)70-63(49)61(50)55/h10-36H,37H2,1-9H3. The number of nitrogens with zero attached hydrogens (tertiary/aromatic N) is 4. The third-order valence-electron chi connectivity index (χ3n) is 14.4. The average Bonchev–Trinajstić information content (AvgIpc) is 4.01. The van der Waals surface area contributed by atoms with Crippen molar-refractivity contribution in [2.45, 2.75) is 67.7 Å². The Kier molecular flexibility index (Phi) is 10.0. The fourth-order valence-electron chi connectivity index (χ4n) is 11.5. The fraction of sp³-hybridized carbons (Fsp3) is 0.172. The van der Waals surface area contributed by atoms with Crippen molar-refractivity contribution < 1.29 is 9.15 Å². The molecule has 0 fully saturated rings. The van der Waals surface area contributed by atoms with Gasteiger partial charge in [0.1, 0.15) is 35.2 Å². The zero-order valence-corrected chi connectivity index (χ0v) is 41.4. The molecular formula is C64H56N4O2. The van der Waals surface area contributed by atoms with Crippen LogP contribution in [0.25, 0.3) is 71.8 Å². The average molecular weight is 913 g/mol. The highest BCUT2D eigenvalue weighted by Gasteiger charge is 2.33. The lowest BCUT2D eigenvalue weighted by Gasteiger charge is -2.29. The molecule has 12 rings (SSSR count). The lowest BCUT2D eigenvalue weighted by Crippen LogP contribution is -2.25. The van der Waals surface area contributed by atoms with Crippen LogP contribution in [0.3, 0.4) is 0 Å². The molecule has 3 aromatic heterocycles. The van der Waals surface area contributed by atoms with E-state index < -0.39 is 0 Å². The molecule has 11 aromatic rings. The molecule has 0 atom stereocenters. The number of aryl methyl sites for hydroxylation is 6. The second kappa shape index (κ2) is 16.3. The monoisotopic (exact) mass is 912 g/mol. The minimum Gasteiger partial charge on any atom is -0.457 e. The maximum absolute atomic E-state index is 6.91. The number of benzene rings is 8. The second-order valence-corrected chi connectivity index (χ2v) is 20.4. The molecule has 1 aliphatic heterocycles. The van der Waals surface area contributed by atoms with Crippen LogP contribution in [0.4, 0.5) is 22.7 Å². The zero-order valence-electron chi connectivity index (χ0n) is 41.4. The SMILES string of the molecule is Cc1cc(C)c(-c2cccc(-c3c(C)cc(C)cc3C)c2N2CN(c3cccc(Oc4ccc5c6c7oc8ccccc8c7ccc6n(-c6cc(C(C)(C)C)ccn6)c5c4)c3)c3ccccc32)c(C)c1. The van der Waals surface area contributed by atoms with Crippen LogP contribution in [-0.2, 0) is 5.41 Å². The van der Waals surface area contributed by atoms with Gasteiger partial charge in [0.25, 0.3) is 0 Å². The van der Waals surface area contributed by atoms with Gasteiger partial charge in [-0.25, -0.2) is 4.98 Å². The van der Waals surface area contributed by atoms with Gasteiger partial charge < -0.3 is 19.0 Å². The van der Waals surface area contributed by atoms with E-state index >= 15 is 0 Å². The van der Waals surface area contributed by atoms with Crippen molar-refractivity contribution in [1.29, 1.82) is 0 Å². The normalized spacial score (nSPS) is 12.8. The summed E-state index contributed by atoms with van der Waals surface area (Å²) in [5.41, 5.74) is 22.2. The van der Waals surface area contributed by atoms with Crippen molar-refractivity contribution in [1.82, 2.24) is 9.55 Å². The molecule has 0 bridgehead atoms. The maximum atomic E-state index is 6.91. The molecule has 0 amide bonds. The summed E-state index contributed by atoms with van der Waals surface area (Å²) in [6.45, 7) is 20.7.